The van der Waals surface area contributed by atoms with E-state index in [1.165, 1.54) is 72.1 Å². The van der Waals surface area contributed by atoms with E-state index in [1.54, 1.807) is 0 Å². The number of para-hydroxylation sites is 2. The highest BCUT2D eigenvalue weighted by Gasteiger charge is 2.42. The molecule has 4 nitrogen and oxygen atoms in total. The van der Waals surface area contributed by atoms with E-state index < -0.39 is 0 Å². The van der Waals surface area contributed by atoms with E-state index in [0.29, 0.717) is 17.9 Å². The molecule has 4 atom stereocenters. The Labute approximate surface area is 369 Å². The molecule has 0 spiro atoms. The lowest BCUT2D eigenvalue weighted by atomic mass is 9.81. The van der Waals surface area contributed by atoms with E-state index >= 15 is 0 Å². The molecule has 0 fully saturated rings. The Bertz CT molecular complexity index is 3340. The van der Waals surface area contributed by atoms with Crippen LogP contribution in [0.25, 0.3) is 62.0 Å². The molecule has 0 N–H and O–H groups in total. The minimum absolute atomic E-state index is 0.261. The summed E-state index contributed by atoms with van der Waals surface area (Å²) < 4.78 is 2.29. The standard InChI is InChI=1S/C59H48N4/c1-37-33-44(24-29-46(37)39-14-3-2-4-15-39)58-49-20-9-11-21-52(49)60-59(61-58)63-53-22-12-10-19-48(53)50-35-42(26-30-54(50)63)43-27-31-55-51(36-43)57-47-18-8-7-16-40(47)25-32-56(57)62(55)45-28-23-38-13-5-6-17-41(38)34-45/h2-3,5-7,9-14,16-17,19-32,35-37,45,51,55H,4,8,15,18,33-34H2,1H3. The van der Waals surface area contributed by atoms with Crippen LogP contribution in [0.3, 0.4) is 0 Å². The molecule has 7 aromatic rings. The quantitative estimate of drug-likeness (QED) is 0.174. The first-order valence-corrected chi connectivity index (χ1v) is 23.0. The molecule has 0 bridgehead atoms. The van der Waals surface area contributed by atoms with Gasteiger partial charge in [0.05, 0.1) is 34.3 Å². The van der Waals surface area contributed by atoms with Crippen LogP contribution >= 0.6 is 0 Å². The fourth-order valence-electron chi connectivity index (χ4n) is 11.7. The molecule has 63 heavy (non-hydrogen) atoms. The second-order valence-electron chi connectivity index (χ2n) is 18.3. The first-order chi connectivity index (χ1) is 31.1. The summed E-state index contributed by atoms with van der Waals surface area (Å²) in [6.45, 7) is 2.36. The van der Waals surface area contributed by atoms with Gasteiger partial charge in [-0.1, -0.05) is 153 Å². The van der Waals surface area contributed by atoms with Gasteiger partial charge in [-0.3, -0.25) is 4.57 Å². The molecule has 0 saturated heterocycles. The fraction of sp³-hybridized carbons (Fsp3) is 0.186. The third-order valence-electron chi connectivity index (χ3n) is 14.7. The average molecular weight is 813 g/mol. The minimum atomic E-state index is 0.261. The number of benzene rings is 5. The Morgan fingerprint density at radius 3 is 2.43 bits per heavy atom. The van der Waals surface area contributed by atoms with Gasteiger partial charge in [0.25, 0.3) is 0 Å². The number of rotatable bonds is 5. The van der Waals surface area contributed by atoms with Crippen LogP contribution in [0.5, 0.6) is 0 Å². The summed E-state index contributed by atoms with van der Waals surface area (Å²) in [5, 5.41) is 3.52. The van der Waals surface area contributed by atoms with Crippen molar-refractivity contribution >= 4 is 61.7 Å². The number of nitrogens with zero attached hydrogens (tertiary/aromatic N) is 4. The predicted octanol–water partition coefficient (Wildman–Crippen LogP) is 13.9. The molecule has 5 aromatic carbocycles. The summed E-state index contributed by atoms with van der Waals surface area (Å²) in [6, 6.07) is 38.6. The first-order valence-electron chi connectivity index (χ1n) is 23.0. The number of aromatic nitrogens is 3. The molecule has 3 heterocycles. The Morgan fingerprint density at radius 2 is 1.51 bits per heavy atom. The molecule has 13 rings (SSSR count). The second kappa shape index (κ2) is 14.5. The first kappa shape index (κ1) is 36.6. The van der Waals surface area contributed by atoms with Crippen molar-refractivity contribution in [2.75, 3.05) is 4.90 Å². The maximum absolute atomic E-state index is 5.49. The number of hydrogen-bond acceptors (Lipinski definition) is 3. The molecule has 1 aliphatic heterocycles. The Hall–Kier alpha value is -7.04. The maximum atomic E-state index is 5.49. The van der Waals surface area contributed by atoms with Crippen LogP contribution < -0.4 is 4.90 Å². The molecule has 6 aliphatic rings. The maximum Gasteiger partial charge on any atom is 0.235 e. The van der Waals surface area contributed by atoms with Gasteiger partial charge in [-0.2, -0.15) is 0 Å². The van der Waals surface area contributed by atoms with E-state index in [-0.39, 0.29) is 12.0 Å². The van der Waals surface area contributed by atoms with Gasteiger partial charge in [-0.15, -0.1) is 0 Å². The normalized spacial score (nSPS) is 22.1. The number of anilines is 1. The summed E-state index contributed by atoms with van der Waals surface area (Å²) in [6.07, 6.45) is 34.8. The Morgan fingerprint density at radius 1 is 0.651 bits per heavy atom. The molecular formula is C59H48N4. The zero-order valence-corrected chi connectivity index (χ0v) is 35.6. The van der Waals surface area contributed by atoms with Crippen molar-refractivity contribution < 1.29 is 0 Å². The molecule has 4 heteroatoms. The fourth-order valence-corrected chi connectivity index (χ4v) is 11.7. The highest BCUT2D eigenvalue weighted by Crippen LogP contribution is 2.51. The molecule has 0 saturated carbocycles. The zero-order valence-electron chi connectivity index (χ0n) is 35.6. The predicted molar refractivity (Wildman–Crippen MR) is 263 cm³/mol. The van der Waals surface area contributed by atoms with Crippen molar-refractivity contribution in [3.05, 3.63) is 214 Å². The summed E-state index contributed by atoms with van der Waals surface area (Å²) in [4.78, 5) is 13.5. The van der Waals surface area contributed by atoms with E-state index in [9.17, 15) is 0 Å². The summed E-state index contributed by atoms with van der Waals surface area (Å²) in [5.74, 6) is 1.40. The highest BCUT2D eigenvalue weighted by molar-refractivity contribution is 6.10. The van der Waals surface area contributed by atoms with Gasteiger partial charge in [0.1, 0.15) is 0 Å². The lowest BCUT2D eigenvalue weighted by molar-refractivity contribution is 0.608. The van der Waals surface area contributed by atoms with Gasteiger partial charge in [-0.05, 0) is 130 Å². The second-order valence-corrected chi connectivity index (χ2v) is 18.3. The summed E-state index contributed by atoms with van der Waals surface area (Å²) >= 11 is 0. The van der Waals surface area contributed by atoms with Crippen LogP contribution in [0.2, 0.25) is 0 Å². The SMILES string of the molecule is CC1CC(c2nc(-n3c4ccccc4c4cc(C5=CC6c7c(ccc8c7CCC=C8)N(C7C=Cc8ccccc8C7)C6C=C5)ccc43)nc3ccccc23)=CC=C1C1=CC=CCC1. The molecule has 4 unspecified atom stereocenters. The minimum Gasteiger partial charge on any atom is -0.357 e. The van der Waals surface area contributed by atoms with Crippen molar-refractivity contribution in [1.82, 2.24) is 14.5 Å². The monoisotopic (exact) mass is 812 g/mol. The van der Waals surface area contributed by atoms with Crippen molar-refractivity contribution in [3.8, 4) is 5.95 Å². The Kier molecular flexibility index (Phi) is 8.44. The van der Waals surface area contributed by atoms with Gasteiger partial charge in [-0.25, -0.2) is 9.97 Å². The molecule has 2 aromatic heterocycles. The van der Waals surface area contributed by atoms with Gasteiger partial charge in [0.2, 0.25) is 5.95 Å². The summed E-state index contributed by atoms with van der Waals surface area (Å²) in [5.41, 5.74) is 19.6. The highest BCUT2D eigenvalue weighted by atomic mass is 15.2. The third kappa shape index (κ3) is 5.88. The van der Waals surface area contributed by atoms with Crippen molar-refractivity contribution in [1.29, 1.82) is 0 Å². The Balaban J connectivity index is 0.914. The van der Waals surface area contributed by atoms with Crippen molar-refractivity contribution in [3.63, 3.8) is 0 Å². The zero-order chi connectivity index (χ0) is 41.6. The molecule has 5 aliphatic carbocycles. The van der Waals surface area contributed by atoms with Crippen molar-refractivity contribution in [2.45, 2.75) is 63.5 Å². The number of allylic oxidation sites excluding steroid dienone is 11. The third-order valence-corrected chi connectivity index (χ3v) is 14.7. The summed E-state index contributed by atoms with van der Waals surface area (Å²) in [7, 11) is 0. The van der Waals surface area contributed by atoms with Gasteiger partial charge in [0, 0.05) is 27.8 Å². The van der Waals surface area contributed by atoms with Crippen LogP contribution in [0.15, 0.2) is 175 Å². The van der Waals surface area contributed by atoms with Crippen LogP contribution in [0.1, 0.15) is 77.6 Å². The van der Waals surface area contributed by atoms with Crippen LogP contribution in [0, 0.1) is 5.92 Å². The number of hydrogen-bond donors (Lipinski definition) is 0. The van der Waals surface area contributed by atoms with Crippen LogP contribution in [0.4, 0.5) is 5.69 Å². The van der Waals surface area contributed by atoms with Gasteiger partial charge >= 0.3 is 0 Å². The van der Waals surface area contributed by atoms with Gasteiger partial charge in [0.15, 0.2) is 0 Å². The largest absolute Gasteiger partial charge is 0.357 e. The molecule has 0 radical (unpaired) electrons. The van der Waals surface area contributed by atoms with E-state index in [0.717, 1.165) is 66.2 Å². The van der Waals surface area contributed by atoms with Gasteiger partial charge < -0.3 is 4.90 Å². The number of fused-ring (bicyclic) bond motifs is 10. The smallest absolute Gasteiger partial charge is 0.235 e. The van der Waals surface area contributed by atoms with E-state index in [1.807, 2.05) is 0 Å². The van der Waals surface area contributed by atoms with E-state index in [4.69, 9.17) is 9.97 Å². The molecule has 304 valence electrons. The topological polar surface area (TPSA) is 34.0 Å². The van der Waals surface area contributed by atoms with Crippen molar-refractivity contribution in [2.24, 2.45) is 5.92 Å². The molecular weight excluding hydrogens is 765 g/mol. The van der Waals surface area contributed by atoms with Crippen LogP contribution in [-0.2, 0) is 12.8 Å². The van der Waals surface area contributed by atoms with E-state index in [2.05, 4.69) is 192 Å². The molecule has 0 amide bonds. The van der Waals surface area contributed by atoms with Crippen LogP contribution in [-0.4, -0.2) is 26.6 Å². The lowest BCUT2D eigenvalue weighted by Crippen LogP contribution is -2.42. The average Bonchev–Trinajstić information content (AvgIpc) is 3.86. The lowest BCUT2D eigenvalue weighted by Gasteiger charge is -2.37.